The van der Waals surface area contributed by atoms with Gasteiger partial charge >= 0.3 is 0 Å². The summed E-state index contributed by atoms with van der Waals surface area (Å²) in [6.07, 6.45) is 4.28. The first-order valence-corrected chi connectivity index (χ1v) is 10.1. The minimum atomic E-state index is 0.113. The molecular formula is C22H34N2O2. The molecule has 0 bridgehead atoms. The molecule has 1 amide bonds. The summed E-state index contributed by atoms with van der Waals surface area (Å²) in [6.45, 7) is 10.3. The highest BCUT2D eigenvalue weighted by molar-refractivity contribution is 5.80. The lowest BCUT2D eigenvalue weighted by Crippen LogP contribution is -2.65. The van der Waals surface area contributed by atoms with Gasteiger partial charge < -0.3 is 14.5 Å². The lowest BCUT2D eigenvalue weighted by molar-refractivity contribution is -0.152. The van der Waals surface area contributed by atoms with Crippen molar-refractivity contribution >= 4 is 5.91 Å². The summed E-state index contributed by atoms with van der Waals surface area (Å²) >= 11 is 0. The first-order chi connectivity index (χ1) is 12.6. The Hall–Kier alpha value is -1.39. The smallest absolute Gasteiger partial charge is 0.226 e. The maximum absolute atomic E-state index is 13.0. The van der Waals surface area contributed by atoms with Gasteiger partial charge in [0.15, 0.2) is 0 Å². The molecule has 4 heteroatoms. The fraction of sp³-hybridized carbons (Fsp3) is 0.682. The Morgan fingerprint density at radius 3 is 2.73 bits per heavy atom. The van der Waals surface area contributed by atoms with Crippen molar-refractivity contribution < 1.29 is 9.53 Å². The van der Waals surface area contributed by atoms with Crippen LogP contribution in [0.15, 0.2) is 24.3 Å². The van der Waals surface area contributed by atoms with Gasteiger partial charge in [-0.15, -0.1) is 0 Å². The van der Waals surface area contributed by atoms with Gasteiger partial charge in [-0.1, -0.05) is 31.2 Å². The number of benzene rings is 1. The Labute approximate surface area is 158 Å². The topological polar surface area (TPSA) is 32.8 Å². The van der Waals surface area contributed by atoms with Crippen molar-refractivity contribution in [1.29, 1.82) is 0 Å². The summed E-state index contributed by atoms with van der Waals surface area (Å²) in [5, 5.41) is 0. The molecule has 0 aromatic heterocycles. The summed E-state index contributed by atoms with van der Waals surface area (Å²) in [5.74, 6) is 0.469. The summed E-state index contributed by atoms with van der Waals surface area (Å²) in [7, 11) is 1.77. The molecule has 0 saturated carbocycles. The van der Waals surface area contributed by atoms with Crippen LogP contribution in [0.1, 0.15) is 37.3 Å². The molecular weight excluding hydrogens is 324 g/mol. The monoisotopic (exact) mass is 358 g/mol. The second kappa shape index (κ2) is 8.53. The summed E-state index contributed by atoms with van der Waals surface area (Å²) in [6, 6.07) is 8.45. The molecule has 2 saturated heterocycles. The fourth-order valence-electron chi connectivity index (χ4n) is 4.67. The van der Waals surface area contributed by atoms with Gasteiger partial charge in [-0.2, -0.15) is 0 Å². The van der Waals surface area contributed by atoms with Crippen molar-refractivity contribution in [1.82, 2.24) is 9.80 Å². The number of likely N-dealkylation sites (tertiary alicyclic amines) is 2. The van der Waals surface area contributed by atoms with Crippen molar-refractivity contribution in [2.75, 3.05) is 46.4 Å². The van der Waals surface area contributed by atoms with E-state index in [1.165, 1.54) is 30.5 Å². The lowest BCUT2D eigenvalue weighted by atomic mass is 9.72. The third kappa shape index (κ3) is 4.29. The molecule has 0 radical (unpaired) electrons. The molecule has 1 aromatic carbocycles. The molecule has 4 nitrogen and oxygen atoms in total. The van der Waals surface area contributed by atoms with Gasteiger partial charge in [0.1, 0.15) is 0 Å². The largest absolute Gasteiger partial charge is 0.383 e. The predicted octanol–water partition coefficient (Wildman–Crippen LogP) is 3.13. The van der Waals surface area contributed by atoms with Gasteiger partial charge in [-0.3, -0.25) is 4.79 Å². The average Bonchev–Trinajstić information content (AvgIpc) is 2.63. The van der Waals surface area contributed by atoms with Crippen LogP contribution in [0, 0.1) is 18.3 Å². The highest BCUT2D eigenvalue weighted by atomic mass is 16.5. The molecule has 0 aliphatic carbocycles. The standard InChI is InChI=1S/C22H34N2O2/c1-4-19(14-20-9-6-5-8-18(20)2)21(25)24-16-22(17-24)10-7-11-23(15-22)12-13-26-3/h5-6,8-9,19H,4,7,10-17H2,1-3H3. The van der Waals surface area contributed by atoms with E-state index >= 15 is 0 Å². The number of amides is 1. The van der Waals surface area contributed by atoms with E-state index in [1.807, 2.05) is 0 Å². The number of ether oxygens (including phenoxy) is 1. The molecule has 1 unspecified atom stereocenters. The number of methoxy groups -OCH3 is 1. The zero-order chi connectivity index (χ0) is 18.6. The SMILES string of the molecule is CCC(Cc1ccccc1C)C(=O)N1CC2(CCCN(CCOC)C2)C1. The Kier molecular flexibility index (Phi) is 6.36. The number of carbonyl (C=O) groups is 1. The van der Waals surface area contributed by atoms with Crippen LogP contribution in [0.3, 0.4) is 0 Å². The number of carbonyl (C=O) groups excluding carboxylic acids is 1. The number of rotatable bonds is 7. The second-order valence-electron chi connectivity index (χ2n) is 8.30. The van der Waals surface area contributed by atoms with Crippen molar-refractivity contribution in [3.63, 3.8) is 0 Å². The first-order valence-electron chi connectivity index (χ1n) is 10.1. The molecule has 3 rings (SSSR count). The molecule has 1 aromatic rings. The van der Waals surface area contributed by atoms with Gasteiger partial charge in [-0.05, 0) is 50.3 Å². The average molecular weight is 359 g/mol. The van der Waals surface area contributed by atoms with E-state index in [9.17, 15) is 4.79 Å². The van der Waals surface area contributed by atoms with Crippen molar-refractivity contribution in [3.05, 3.63) is 35.4 Å². The van der Waals surface area contributed by atoms with E-state index in [0.717, 1.165) is 45.6 Å². The van der Waals surface area contributed by atoms with Crippen LogP contribution in [0.5, 0.6) is 0 Å². The maximum atomic E-state index is 13.0. The minimum absolute atomic E-state index is 0.113. The molecule has 2 aliphatic heterocycles. The van der Waals surface area contributed by atoms with Gasteiger partial charge in [0.25, 0.3) is 0 Å². The normalized spacial score (nSPS) is 20.8. The van der Waals surface area contributed by atoms with Gasteiger partial charge in [0.2, 0.25) is 5.91 Å². The third-order valence-corrected chi connectivity index (χ3v) is 6.29. The third-order valence-electron chi connectivity index (χ3n) is 6.29. The van der Waals surface area contributed by atoms with Gasteiger partial charge in [-0.25, -0.2) is 0 Å². The zero-order valence-electron chi connectivity index (χ0n) is 16.7. The molecule has 1 atom stereocenters. The molecule has 144 valence electrons. The van der Waals surface area contributed by atoms with E-state index < -0.39 is 0 Å². The first kappa shape index (κ1) is 19.4. The minimum Gasteiger partial charge on any atom is -0.383 e. The summed E-state index contributed by atoms with van der Waals surface area (Å²) < 4.78 is 5.23. The van der Waals surface area contributed by atoms with Crippen LogP contribution in [0.25, 0.3) is 0 Å². The Balaban J connectivity index is 1.55. The van der Waals surface area contributed by atoms with Crippen molar-refractivity contribution in [2.24, 2.45) is 11.3 Å². The van der Waals surface area contributed by atoms with Crippen LogP contribution in [0.4, 0.5) is 0 Å². The number of hydrogen-bond donors (Lipinski definition) is 0. The van der Waals surface area contributed by atoms with Gasteiger partial charge in [0, 0.05) is 44.6 Å². The molecule has 1 spiro atoms. The molecule has 0 N–H and O–H groups in total. The zero-order valence-corrected chi connectivity index (χ0v) is 16.7. The van der Waals surface area contributed by atoms with E-state index in [4.69, 9.17) is 4.74 Å². The van der Waals surface area contributed by atoms with E-state index in [0.29, 0.717) is 11.3 Å². The van der Waals surface area contributed by atoms with Crippen LogP contribution in [-0.4, -0.2) is 62.1 Å². The number of hydrogen-bond acceptors (Lipinski definition) is 3. The highest BCUT2D eigenvalue weighted by Gasteiger charge is 2.48. The van der Waals surface area contributed by atoms with Gasteiger partial charge in [0.05, 0.1) is 6.61 Å². The maximum Gasteiger partial charge on any atom is 0.226 e. The van der Waals surface area contributed by atoms with Crippen LogP contribution >= 0.6 is 0 Å². The van der Waals surface area contributed by atoms with Crippen LogP contribution in [0.2, 0.25) is 0 Å². The van der Waals surface area contributed by atoms with Crippen molar-refractivity contribution in [2.45, 2.75) is 39.5 Å². The molecule has 2 heterocycles. The summed E-state index contributed by atoms with van der Waals surface area (Å²) in [4.78, 5) is 17.7. The Morgan fingerprint density at radius 2 is 2.04 bits per heavy atom. The number of piperidine rings is 1. The molecule has 2 fully saturated rings. The quantitative estimate of drug-likeness (QED) is 0.751. The Bertz CT molecular complexity index is 610. The van der Waals surface area contributed by atoms with E-state index in [2.05, 4.69) is 47.9 Å². The van der Waals surface area contributed by atoms with E-state index in [-0.39, 0.29) is 5.92 Å². The predicted molar refractivity (Wildman–Crippen MR) is 105 cm³/mol. The number of nitrogens with zero attached hydrogens (tertiary/aromatic N) is 2. The molecule has 2 aliphatic rings. The van der Waals surface area contributed by atoms with Crippen LogP contribution in [-0.2, 0) is 16.0 Å². The highest BCUT2D eigenvalue weighted by Crippen LogP contribution is 2.40. The van der Waals surface area contributed by atoms with Crippen LogP contribution < -0.4 is 0 Å². The number of aryl methyl sites for hydroxylation is 1. The lowest BCUT2D eigenvalue weighted by Gasteiger charge is -2.55. The Morgan fingerprint density at radius 1 is 1.27 bits per heavy atom. The van der Waals surface area contributed by atoms with Crippen molar-refractivity contribution in [3.8, 4) is 0 Å². The van der Waals surface area contributed by atoms with E-state index in [1.54, 1.807) is 7.11 Å². The summed E-state index contributed by atoms with van der Waals surface area (Å²) in [5.41, 5.74) is 2.94. The fourth-order valence-corrected chi connectivity index (χ4v) is 4.67. The second-order valence-corrected chi connectivity index (χ2v) is 8.30. The molecule has 26 heavy (non-hydrogen) atoms.